The highest BCUT2D eigenvalue weighted by molar-refractivity contribution is 6.04. The van der Waals surface area contributed by atoms with Gasteiger partial charge in [-0.05, 0) is 26.0 Å². The van der Waals surface area contributed by atoms with Crippen molar-refractivity contribution in [2.24, 2.45) is 7.05 Å². The highest BCUT2D eigenvalue weighted by Crippen LogP contribution is 2.27. The van der Waals surface area contributed by atoms with Crippen LogP contribution in [0.15, 0.2) is 34.8 Å². The summed E-state index contributed by atoms with van der Waals surface area (Å²) in [5.74, 6) is 0.704. The molecule has 1 N–H and O–H groups in total. The van der Waals surface area contributed by atoms with Crippen LogP contribution in [-0.4, -0.2) is 15.7 Å². The molecule has 0 radical (unpaired) electrons. The van der Waals surface area contributed by atoms with Gasteiger partial charge in [-0.15, -0.1) is 0 Å². The predicted octanol–water partition coefficient (Wildman–Crippen LogP) is 4.00. The van der Waals surface area contributed by atoms with Crippen LogP contribution in [0.2, 0.25) is 0 Å². The normalized spacial score (nSPS) is 11.5. The van der Waals surface area contributed by atoms with Crippen molar-refractivity contribution in [3.63, 3.8) is 0 Å². The molecule has 5 heteroatoms. The molecule has 0 spiro atoms. The number of anilines is 1. The van der Waals surface area contributed by atoms with Gasteiger partial charge >= 0.3 is 0 Å². The van der Waals surface area contributed by atoms with Crippen LogP contribution in [0.4, 0.5) is 5.69 Å². The number of nitrogens with zero attached hydrogens (tertiary/aromatic N) is 2. The van der Waals surface area contributed by atoms with E-state index >= 15 is 0 Å². The molecule has 1 amide bonds. The van der Waals surface area contributed by atoms with E-state index in [1.54, 1.807) is 10.8 Å². The van der Waals surface area contributed by atoms with Crippen LogP contribution >= 0.6 is 0 Å². The van der Waals surface area contributed by atoms with E-state index in [2.05, 4.69) is 10.4 Å². The van der Waals surface area contributed by atoms with Gasteiger partial charge in [0.05, 0.1) is 17.1 Å². The first-order valence-corrected chi connectivity index (χ1v) is 8.01. The maximum atomic E-state index is 12.3. The zero-order valence-electron chi connectivity index (χ0n) is 14.4. The maximum Gasteiger partial charge on any atom is 0.248 e. The summed E-state index contributed by atoms with van der Waals surface area (Å²) in [6, 6.07) is 7.86. The van der Waals surface area contributed by atoms with Gasteiger partial charge in [-0.3, -0.25) is 9.48 Å². The molecule has 124 valence electrons. The van der Waals surface area contributed by atoms with Gasteiger partial charge < -0.3 is 9.73 Å². The highest BCUT2D eigenvalue weighted by Gasteiger charge is 2.12. The Bertz CT molecular complexity index is 932. The van der Waals surface area contributed by atoms with Gasteiger partial charge in [-0.1, -0.05) is 25.1 Å². The molecule has 2 aromatic heterocycles. The number of rotatable bonds is 4. The second-order valence-electron chi connectivity index (χ2n) is 5.78. The van der Waals surface area contributed by atoms with E-state index in [1.807, 2.05) is 58.2 Å². The standard InChI is InChI=1S/C19H21N3O2/c1-5-16-15(14-8-6-7-9-17(14)24-16)10-11-18(23)20-19-12(2)21-22(4)13(19)3/h6-11H,5H2,1-4H3,(H,20,23)/b11-10-. The lowest BCUT2D eigenvalue weighted by Crippen LogP contribution is -2.09. The van der Waals surface area contributed by atoms with Crippen LogP contribution in [0, 0.1) is 13.8 Å². The Morgan fingerprint density at radius 1 is 1.33 bits per heavy atom. The third-order valence-corrected chi connectivity index (χ3v) is 4.19. The van der Waals surface area contributed by atoms with E-state index in [0.29, 0.717) is 0 Å². The largest absolute Gasteiger partial charge is 0.460 e. The number of amides is 1. The van der Waals surface area contributed by atoms with Gasteiger partial charge in [-0.2, -0.15) is 5.10 Å². The van der Waals surface area contributed by atoms with Crippen molar-refractivity contribution in [2.45, 2.75) is 27.2 Å². The number of carbonyl (C=O) groups excluding carboxylic acids is 1. The van der Waals surface area contributed by atoms with Gasteiger partial charge in [0.1, 0.15) is 11.3 Å². The molecule has 0 aliphatic rings. The maximum absolute atomic E-state index is 12.3. The molecule has 5 nitrogen and oxygen atoms in total. The molecule has 0 saturated carbocycles. The molecule has 0 atom stereocenters. The monoisotopic (exact) mass is 323 g/mol. The lowest BCUT2D eigenvalue weighted by molar-refractivity contribution is -0.111. The van der Waals surface area contributed by atoms with Crippen LogP contribution in [0.25, 0.3) is 17.0 Å². The summed E-state index contributed by atoms with van der Waals surface area (Å²) in [6.45, 7) is 5.85. The number of aryl methyl sites for hydroxylation is 3. The van der Waals surface area contributed by atoms with Crippen molar-refractivity contribution in [1.82, 2.24) is 9.78 Å². The molecular weight excluding hydrogens is 302 g/mol. The molecule has 0 saturated heterocycles. The SMILES string of the molecule is CCc1oc2ccccc2c1/C=C\C(=O)Nc1c(C)nn(C)c1C. The number of furan rings is 1. The first-order valence-electron chi connectivity index (χ1n) is 8.01. The van der Waals surface area contributed by atoms with Crippen LogP contribution in [0.5, 0.6) is 0 Å². The van der Waals surface area contributed by atoms with Crippen molar-refractivity contribution in [3.8, 4) is 0 Å². The minimum atomic E-state index is -0.179. The molecule has 0 bridgehead atoms. The molecule has 0 unspecified atom stereocenters. The number of fused-ring (bicyclic) bond motifs is 1. The quantitative estimate of drug-likeness (QED) is 0.738. The van der Waals surface area contributed by atoms with Crippen molar-refractivity contribution >= 4 is 28.6 Å². The van der Waals surface area contributed by atoms with Gasteiger partial charge in [0, 0.05) is 30.5 Å². The molecular formula is C19H21N3O2. The summed E-state index contributed by atoms with van der Waals surface area (Å²) >= 11 is 0. The fraction of sp³-hybridized carbons (Fsp3) is 0.263. The van der Waals surface area contributed by atoms with E-state index in [0.717, 1.165) is 45.8 Å². The molecule has 1 aromatic carbocycles. The fourth-order valence-electron chi connectivity index (χ4n) is 2.84. The number of para-hydroxylation sites is 1. The Hall–Kier alpha value is -2.82. The van der Waals surface area contributed by atoms with E-state index < -0.39 is 0 Å². The van der Waals surface area contributed by atoms with Crippen molar-refractivity contribution < 1.29 is 9.21 Å². The number of aromatic nitrogens is 2. The van der Waals surface area contributed by atoms with Gasteiger partial charge in [-0.25, -0.2) is 0 Å². The van der Waals surface area contributed by atoms with E-state index in [-0.39, 0.29) is 5.91 Å². The van der Waals surface area contributed by atoms with Gasteiger partial charge in [0.15, 0.2) is 0 Å². The molecule has 3 rings (SSSR count). The molecule has 0 aliphatic heterocycles. The topological polar surface area (TPSA) is 60.1 Å². The smallest absolute Gasteiger partial charge is 0.248 e. The first-order chi connectivity index (χ1) is 11.5. The highest BCUT2D eigenvalue weighted by atomic mass is 16.3. The van der Waals surface area contributed by atoms with Gasteiger partial charge in [0.25, 0.3) is 0 Å². The van der Waals surface area contributed by atoms with E-state index in [4.69, 9.17) is 4.42 Å². The third kappa shape index (κ3) is 2.85. The van der Waals surface area contributed by atoms with Crippen molar-refractivity contribution in [1.29, 1.82) is 0 Å². The minimum absolute atomic E-state index is 0.179. The molecule has 3 aromatic rings. The summed E-state index contributed by atoms with van der Waals surface area (Å²) in [4.78, 5) is 12.3. The average Bonchev–Trinajstić information content (AvgIpc) is 3.05. The molecule has 0 fully saturated rings. The number of carbonyl (C=O) groups is 1. The summed E-state index contributed by atoms with van der Waals surface area (Å²) in [6.07, 6.45) is 4.14. The van der Waals surface area contributed by atoms with Crippen LogP contribution in [0.3, 0.4) is 0 Å². The Labute approximate surface area is 141 Å². The third-order valence-electron chi connectivity index (χ3n) is 4.19. The summed E-state index contributed by atoms with van der Waals surface area (Å²) in [5.41, 5.74) is 4.30. The second kappa shape index (κ2) is 6.35. The summed E-state index contributed by atoms with van der Waals surface area (Å²) in [5, 5.41) is 8.23. The molecule has 24 heavy (non-hydrogen) atoms. The number of benzene rings is 1. The van der Waals surface area contributed by atoms with Gasteiger partial charge in [0.2, 0.25) is 5.91 Å². The Kier molecular flexibility index (Phi) is 4.25. The van der Waals surface area contributed by atoms with Crippen molar-refractivity contribution in [3.05, 3.63) is 53.1 Å². The summed E-state index contributed by atoms with van der Waals surface area (Å²) < 4.78 is 7.60. The van der Waals surface area contributed by atoms with Crippen LogP contribution in [0.1, 0.15) is 29.6 Å². The minimum Gasteiger partial charge on any atom is -0.460 e. The van der Waals surface area contributed by atoms with E-state index in [9.17, 15) is 4.79 Å². The number of hydrogen-bond acceptors (Lipinski definition) is 3. The fourth-order valence-corrected chi connectivity index (χ4v) is 2.84. The Morgan fingerprint density at radius 2 is 2.08 bits per heavy atom. The van der Waals surface area contributed by atoms with Crippen molar-refractivity contribution in [2.75, 3.05) is 5.32 Å². The zero-order valence-corrected chi connectivity index (χ0v) is 14.4. The lowest BCUT2D eigenvalue weighted by Gasteiger charge is -2.02. The van der Waals surface area contributed by atoms with Crippen LogP contribution in [-0.2, 0) is 18.3 Å². The predicted molar refractivity (Wildman–Crippen MR) is 95.9 cm³/mol. The first kappa shape index (κ1) is 16.1. The number of nitrogens with one attached hydrogen (secondary N) is 1. The van der Waals surface area contributed by atoms with E-state index in [1.165, 1.54) is 0 Å². The zero-order chi connectivity index (χ0) is 17.3. The summed E-state index contributed by atoms with van der Waals surface area (Å²) in [7, 11) is 1.86. The number of hydrogen-bond donors (Lipinski definition) is 1. The second-order valence-corrected chi connectivity index (χ2v) is 5.78. The Morgan fingerprint density at radius 3 is 2.75 bits per heavy atom. The lowest BCUT2D eigenvalue weighted by atomic mass is 10.1. The molecule has 2 heterocycles. The molecule has 0 aliphatic carbocycles. The average molecular weight is 323 g/mol. The van der Waals surface area contributed by atoms with Crippen LogP contribution < -0.4 is 5.32 Å². The Balaban J connectivity index is 1.87.